The van der Waals surface area contributed by atoms with E-state index in [-0.39, 0.29) is 17.0 Å². The van der Waals surface area contributed by atoms with E-state index in [9.17, 15) is 4.79 Å². The van der Waals surface area contributed by atoms with E-state index in [1.807, 2.05) is 0 Å². The van der Waals surface area contributed by atoms with E-state index in [0.29, 0.717) is 24.4 Å². The van der Waals surface area contributed by atoms with Crippen molar-refractivity contribution in [2.24, 2.45) is 23.2 Å². The molecule has 2 bridgehead atoms. The number of carbonyl (C=O) groups is 1. The molecule has 1 saturated heterocycles. The molecule has 1 aliphatic heterocycles. The highest BCUT2D eigenvalue weighted by Crippen LogP contribution is 2.59. The summed E-state index contributed by atoms with van der Waals surface area (Å²) in [4.78, 5) is 11.3. The van der Waals surface area contributed by atoms with Crippen molar-refractivity contribution in [3.63, 3.8) is 0 Å². The van der Waals surface area contributed by atoms with Gasteiger partial charge in [0.15, 0.2) is 0 Å². The third kappa shape index (κ3) is 2.16. The Bertz CT molecular complexity index is 461. The Hall–Kier alpha value is -0.830. The molecule has 1 spiro atoms. The summed E-state index contributed by atoms with van der Waals surface area (Å²) in [6, 6.07) is 0. The molecule has 3 aliphatic rings. The zero-order valence-corrected chi connectivity index (χ0v) is 13.8. The summed E-state index contributed by atoms with van der Waals surface area (Å²) in [6.07, 6.45) is 7.35. The molecule has 3 rings (SSSR count). The average molecular weight is 292 g/mol. The molecule has 3 heteroatoms. The summed E-state index contributed by atoms with van der Waals surface area (Å²) in [6.45, 7) is 9.57. The summed E-state index contributed by atoms with van der Waals surface area (Å²) in [5.74, 6) is 1.19. The van der Waals surface area contributed by atoms with Crippen LogP contribution in [0.5, 0.6) is 0 Å². The lowest BCUT2D eigenvalue weighted by Crippen LogP contribution is -2.61. The Kier molecular flexibility index (Phi) is 3.67. The predicted octanol–water partition coefficient (Wildman–Crippen LogP) is 3.73. The van der Waals surface area contributed by atoms with Crippen molar-refractivity contribution in [2.75, 3.05) is 13.2 Å². The lowest BCUT2D eigenvalue weighted by Gasteiger charge is -2.59. The Morgan fingerprint density at radius 1 is 1.38 bits per heavy atom. The van der Waals surface area contributed by atoms with Gasteiger partial charge in [-0.25, -0.2) is 0 Å². The van der Waals surface area contributed by atoms with Crippen LogP contribution in [0.25, 0.3) is 0 Å². The minimum Gasteiger partial charge on any atom is -0.465 e. The van der Waals surface area contributed by atoms with Gasteiger partial charge in [0.2, 0.25) is 0 Å². The van der Waals surface area contributed by atoms with Crippen LogP contribution in [-0.2, 0) is 14.3 Å². The van der Waals surface area contributed by atoms with Crippen molar-refractivity contribution in [1.29, 1.82) is 0 Å². The summed E-state index contributed by atoms with van der Waals surface area (Å²) in [7, 11) is 0. The second-order valence-electron chi connectivity index (χ2n) is 7.54. The number of esters is 1. The van der Waals surface area contributed by atoms with Crippen molar-refractivity contribution < 1.29 is 14.3 Å². The molecule has 0 aromatic heterocycles. The van der Waals surface area contributed by atoms with Crippen LogP contribution in [0.4, 0.5) is 0 Å². The van der Waals surface area contributed by atoms with Crippen LogP contribution in [0.3, 0.4) is 0 Å². The van der Waals surface area contributed by atoms with Gasteiger partial charge < -0.3 is 9.47 Å². The van der Waals surface area contributed by atoms with E-state index in [1.54, 1.807) is 0 Å². The van der Waals surface area contributed by atoms with Gasteiger partial charge in [0.1, 0.15) is 0 Å². The average Bonchev–Trinajstić information content (AvgIpc) is 2.86. The van der Waals surface area contributed by atoms with Gasteiger partial charge >= 0.3 is 5.97 Å². The largest absolute Gasteiger partial charge is 0.465 e. The van der Waals surface area contributed by atoms with E-state index in [2.05, 4.69) is 26.8 Å². The van der Waals surface area contributed by atoms with Gasteiger partial charge in [-0.05, 0) is 31.6 Å². The van der Waals surface area contributed by atoms with E-state index < -0.39 is 0 Å². The molecule has 2 aliphatic carbocycles. The molecule has 118 valence electrons. The fraction of sp³-hybridized carbons (Fsp3) is 0.833. The number of rotatable bonds is 2. The topological polar surface area (TPSA) is 35.5 Å². The first-order chi connectivity index (χ1) is 9.91. The van der Waals surface area contributed by atoms with E-state index >= 15 is 0 Å². The Morgan fingerprint density at radius 2 is 2.05 bits per heavy atom. The van der Waals surface area contributed by atoms with Crippen LogP contribution in [0, 0.1) is 23.2 Å². The van der Waals surface area contributed by atoms with Crippen molar-refractivity contribution in [3.8, 4) is 0 Å². The predicted molar refractivity (Wildman–Crippen MR) is 81.8 cm³/mol. The summed E-state index contributed by atoms with van der Waals surface area (Å²) in [5, 5.41) is 0. The minimum atomic E-state index is -0.187. The number of ether oxygens (including phenoxy) is 2. The van der Waals surface area contributed by atoms with Gasteiger partial charge in [-0.2, -0.15) is 0 Å². The lowest BCUT2D eigenvalue weighted by molar-refractivity contribution is -0.217. The molecule has 1 heterocycles. The first kappa shape index (κ1) is 15.1. The zero-order valence-electron chi connectivity index (χ0n) is 13.8. The standard InChI is InChI=1S/C18H28O3/c1-12-9-13(2)17(10-20-15(4)19)11-21-18(7-5-6-8-18)16(12)14(17)3/h9,13-14,16H,5-8,10-11H2,1-4H3. The monoisotopic (exact) mass is 292 g/mol. The first-order valence-electron chi connectivity index (χ1n) is 8.37. The Labute approximate surface area is 128 Å². The van der Waals surface area contributed by atoms with Gasteiger partial charge in [0, 0.05) is 18.3 Å². The highest BCUT2D eigenvalue weighted by atomic mass is 16.5. The summed E-state index contributed by atoms with van der Waals surface area (Å²) in [5.41, 5.74) is 1.49. The van der Waals surface area contributed by atoms with Crippen molar-refractivity contribution in [3.05, 3.63) is 11.6 Å². The van der Waals surface area contributed by atoms with Crippen LogP contribution in [0.15, 0.2) is 11.6 Å². The van der Waals surface area contributed by atoms with Gasteiger partial charge in [-0.1, -0.05) is 38.3 Å². The van der Waals surface area contributed by atoms with E-state index in [1.165, 1.54) is 38.2 Å². The normalized spacial score (nSPS) is 41.0. The molecule has 0 amide bonds. The fourth-order valence-corrected chi connectivity index (χ4v) is 5.28. The fourth-order valence-electron chi connectivity index (χ4n) is 5.28. The molecule has 2 fully saturated rings. The summed E-state index contributed by atoms with van der Waals surface area (Å²) < 4.78 is 11.9. The molecule has 3 nitrogen and oxygen atoms in total. The minimum absolute atomic E-state index is 0.0519. The quantitative estimate of drug-likeness (QED) is 0.574. The van der Waals surface area contributed by atoms with Crippen molar-refractivity contribution >= 4 is 5.97 Å². The molecule has 0 N–H and O–H groups in total. The smallest absolute Gasteiger partial charge is 0.302 e. The number of fused-ring (bicyclic) bond motifs is 3. The molecular weight excluding hydrogens is 264 g/mol. The number of hydrogen-bond acceptors (Lipinski definition) is 3. The van der Waals surface area contributed by atoms with Crippen LogP contribution in [0.2, 0.25) is 0 Å². The lowest BCUT2D eigenvalue weighted by atomic mass is 9.53. The highest BCUT2D eigenvalue weighted by molar-refractivity contribution is 5.66. The van der Waals surface area contributed by atoms with Crippen molar-refractivity contribution in [2.45, 2.75) is 59.0 Å². The first-order valence-corrected chi connectivity index (χ1v) is 8.37. The molecule has 1 saturated carbocycles. The third-order valence-electron chi connectivity index (χ3n) is 6.51. The van der Waals surface area contributed by atoms with Crippen LogP contribution < -0.4 is 0 Å². The van der Waals surface area contributed by atoms with Gasteiger partial charge in [0.25, 0.3) is 0 Å². The van der Waals surface area contributed by atoms with E-state index in [0.717, 1.165) is 6.61 Å². The Balaban J connectivity index is 1.95. The number of allylic oxidation sites excluding steroid dienone is 1. The Morgan fingerprint density at radius 3 is 2.67 bits per heavy atom. The highest BCUT2D eigenvalue weighted by Gasteiger charge is 2.60. The zero-order chi connectivity index (χ0) is 15.3. The maximum atomic E-state index is 11.3. The maximum Gasteiger partial charge on any atom is 0.302 e. The van der Waals surface area contributed by atoms with Crippen LogP contribution in [0.1, 0.15) is 53.4 Å². The van der Waals surface area contributed by atoms with Crippen LogP contribution in [-0.4, -0.2) is 24.8 Å². The second kappa shape index (κ2) is 5.12. The molecule has 0 aromatic carbocycles. The van der Waals surface area contributed by atoms with Gasteiger partial charge in [0.05, 0.1) is 18.8 Å². The van der Waals surface area contributed by atoms with Crippen LogP contribution >= 0.6 is 0 Å². The molecule has 4 unspecified atom stereocenters. The van der Waals surface area contributed by atoms with E-state index in [4.69, 9.17) is 9.47 Å². The second-order valence-corrected chi connectivity index (χ2v) is 7.54. The number of carbonyl (C=O) groups excluding carboxylic acids is 1. The summed E-state index contributed by atoms with van der Waals surface area (Å²) >= 11 is 0. The van der Waals surface area contributed by atoms with Crippen molar-refractivity contribution in [1.82, 2.24) is 0 Å². The molecule has 0 aromatic rings. The SMILES string of the molecule is CC(=O)OCC12COC3(CCCC3)C(C(C)=CC1C)C2C. The molecular formula is C18H28O3. The third-order valence-corrected chi connectivity index (χ3v) is 6.51. The molecule has 4 atom stereocenters. The number of hydrogen-bond donors (Lipinski definition) is 0. The molecule has 0 radical (unpaired) electrons. The van der Waals surface area contributed by atoms with Gasteiger partial charge in [-0.15, -0.1) is 0 Å². The maximum absolute atomic E-state index is 11.3. The molecule has 21 heavy (non-hydrogen) atoms. The van der Waals surface area contributed by atoms with Gasteiger partial charge in [-0.3, -0.25) is 4.79 Å².